The molecule has 3 aromatic carbocycles. The third kappa shape index (κ3) is 3.71. The molecule has 0 radical (unpaired) electrons. The molecule has 4 N–H and O–H groups in total. The first kappa shape index (κ1) is 19.1. The van der Waals surface area contributed by atoms with Crippen molar-refractivity contribution in [3.63, 3.8) is 0 Å². The molecular weight excluding hydrogens is 372 g/mol. The van der Waals surface area contributed by atoms with Crippen molar-refractivity contribution < 1.29 is 13.6 Å². The Kier molecular flexibility index (Phi) is 4.59. The number of hydrogen-bond acceptors (Lipinski definition) is 2. The molecule has 1 aromatic heterocycles. The highest BCUT2D eigenvalue weighted by molar-refractivity contribution is 6.07. The molecule has 148 valence electrons. The molecule has 6 heteroatoms. The Morgan fingerprint density at radius 2 is 1.72 bits per heavy atom. The second-order valence-electron chi connectivity index (χ2n) is 7.80. The first-order chi connectivity index (χ1) is 13.7. The van der Waals surface area contributed by atoms with E-state index in [2.05, 4.69) is 10.3 Å². The lowest BCUT2D eigenvalue weighted by atomic mass is 9.94. The largest absolute Gasteiger partial charge is 0.354 e. The number of rotatable bonds is 4. The molecule has 0 bridgehead atoms. The number of nitrogens with one attached hydrogen (secondary N) is 2. The third-order valence-electron chi connectivity index (χ3n) is 5.03. The number of carbonyl (C=O) groups excluding carboxylic acids is 1. The van der Waals surface area contributed by atoms with Crippen LogP contribution in [0.15, 0.2) is 54.6 Å². The monoisotopic (exact) mass is 393 g/mol. The Labute approximate surface area is 166 Å². The van der Waals surface area contributed by atoms with Crippen molar-refractivity contribution in [2.24, 2.45) is 5.73 Å². The van der Waals surface area contributed by atoms with E-state index in [9.17, 15) is 13.6 Å². The Morgan fingerprint density at radius 3 is 2.48 bits per heavy atom. The van der Waals surface area contributed by atoms with Gasteiger partial charge < -0.3 is 16.0 Å². The van der Waals surface area contributed by atoms with E-state index in [1.165, 1.54) is 6.07 Å². The number of aromatic nitrogens is 1. The van der Waals surface area contributed by atoms with E-state index >= 15 is 0 Å². The quantitative estimate of drug-likeness (QED) is 0.469. The lowest BCUT2D eigenvalue weighted by Crippen LogP contribution is -2.29. The topological polar surface area (TPSA) is 70.9 Å². The maximum Gasteiger partial charge on any atom is 0.251 e. The molecule has 0 saturated carbocycles. The Hall–Kier alpha value is -3.25. The van der Waals surface area contributed by atoms with E-state index in [4.69, 9.17) is 5.73 Å². The Bertz CT molecular complexity index is 1240. The molecule has 0 aliphatic heterocycles. The van der Waals surface area contributed by atoms with Crippen LogP contribution in [0, 0.1) is 11.6 Å². The summed E-state index contributed by atoms with van der Waals surface area (Å²) in [5.41, 5.74) is 9.15. The van der Waals surface area contributed by atoms with Crippen LogP contribution in [0.4, 0.5) is 8.78 Å². The van der Waals surface area contributed by atoms with Crippen LogP contribution < -0.4 is 11.1 Å². The molecule has 29 heavy (non-hydrogen) atoms. The van der Waals surface area contributed by atoms with Gasteiger partial charge in [-0.2, -0.15) is 0 Å². The first-order valence-corrected chi connectivity index (χ1v) is 9.29. The van der Waals surface area contributed by atoms with Crippen molar-refractivity contribution in [1.82, 2.24) is 10.3 Å². The predicted molar refractivity (Wildman–Crippen MR) is 111 cm³/mol. The highest BCUT2D eigenvalue weighted by Gasteiger charge is 2.16. The van der Waals surface area contributed by atoms with Gasteiger partial charge in [0.15, 0.2) is 11.6 Å². The molecule has 4 nitrogen and oxygen atoms in total. The molecule has 0 atom stereocenters. The van der Waals surface area contributed by atoms with E-state index < -0.39 is 17.2 Å². The lowest BCUT2D eigenvalue weighted by Gasteiger charge is -2.19. The minimum atomic E-state index is -0.889. The van der Waals surface area contributed by atoms with Gasteiger partial charge in [-0.1, -0.05) is 24.3 Å². The fourth-order valence-electron chi connectivity index (χ4n) is 3.40. The number of halogens is 2. The van der Waals surface area contributed by atoms with Gasteiger partial charge in [0.2, 0.25) is 0 Å². The summed E-state index contributed by atoms with van der Waals surface area (Å²) in [6.07, 6.45) is 0. The zero-order chi connectivity index (χ0) is 20.8. The van der Waals surface area contributed by atoms with Crippen molar-refractivity contribution >= 4 is 27.7 Å². The normalized spacial score (nSPS) is 11.9. The fourth-order valence-corrected chi connectivity index (χ4v) is 3.40. The summed E-state index contributed by atoms with van der Waals surface area (Å²) in [5.74, 6) is -1.96. The van der Waals surface area contributed by atoms with Crippen molar-refractivity contribution in [1.29, 1.82) is 0 Å². The summed E-state index contributed by atoms with van der Waals surface area (Å²) in [6.45, 7) is 4.09. The number of amides is 1. The van der Waals surface area contributed by atoms with Gasteiger partial charge in [-0.15, -0.1) is 0 Å². The number of fused-ring (bicyclic) bond motifs is 3. The van der Waals surface area contributed by atoms with Gasteiger partial charge in [-0.25, -0.2) is 8.78 Å². The zero-order valence-electron chi connectivity index (χ0n) is 16.1. The van der Waals surface area contributed by atoms with Gasteiger partial charge >= 0.3 is 0 Å². The predicted octanol–water partition coefficient (Wildman–Crippen LogP) is 4.72. The molecule has 1 amide bonds. The van der Waals surface area contributed by atoms with Crippen LogP contribution in [0.2, 0.25) is 0 Å². The van der Waals surface area contributed by atoms with Crippen LogP contribution in [0.1, 0.15) is 35.3 Å². The molecule has 0 unspecified atom stereocenters. The van der Waals surface area contributed by atoms with E-state index in [0.717, 1.165) is 28.1 Å². The first-order valence-electron chi connectivity index (χ1n) is 9.29. The molecule has 4 rings (SSSR count). The summed E-state index contributed by atoms with van der Waals surface area (Å²) < 4.78 is 27.0. The lowest BCUT2D eigenvalue weighted by molar-refractivity contribution is 0.0950. The zero-order valence-corrected chi connectivity index (χ0v) is 16.1. The Balaban J connectivity index is 1.55. The molecule has 0 fully saturated rings. The van der Waals surface area contributed by atoms with Crippen molar-refractivity contribution in [3.05, 3.63) is 82.9 Å². The van der Waals surface area contributed by atoms with Crippen LogP contribution in [-0.4, -0.2) is 10.9 Å². The molecule has 0 aliphatic rings. The molecule has 1 heterocycles. The SMILES string of the molecule is CC(C)(N)c1cccc(C(=O)NCc2ccc3c(c2)[nH]c2cc(F)c(F)cc23)c1. The summed E-state index contributed by atoms with van der Waals surface area (Å²) >= 11 is 0. The smallest absolute Gasteiger partial charge is 0.251 e. The number of carbonyl (C=O) groups is 1. The van der Waals surface area contributed by atoms with Gasteiger partial charge in [0.25, 0.3) is 5.91 Å². The van der Waals surface area contributed by atoms with E-state index in [0.29, 0.717) is 23.0 Å². The van der Waals surface area contributed by atoms with Crippen molar-refractivity contribution in [3.8, 4) is 0 Å². The molecule has 4 aromatic rings. The van der Waals surface area contributed by atoms with Gasteiger partial charge in [0.1, 0.15) is 0 Å². The highest BCUT2D eigenvalue weighted by atomic mass is 19.2. The van der Waals surface area contributed by atoms with E-state index in [-0.39, 0.29) is 5.91 Å². The van der Waals surface area contributed by atoms with Crippen LogP contribution >= 0.6 is 0 Å². The van der Waals surface area contributed by atoms with Gasteiger partial charge in [-0.3, -0.25) is 4.79 Å². The molecule has 0 aliphatic carbocycles. The minimum Gasteiger partial charge on any atom is -0.354 e. The molecular formula is C23H21F2N3O. The highest BCUT2D eigenvalue weighted by Crippen LogP contribution is 2.28. The number of nitrogens with two attached hydrogens (primary N) is 1. The summed E-state index contributed by atoms with van der Waals surface area (Å²) in [6, 6.07) is 15.1. The van der Waals surface area contributed by atoms with Crippen molar-refractivity contribution in [2.45, 2.75) is 25.9 Å². The van der Waals surface area contributed by atoms with Crippen LogP contribution in [-0.2, 0) is 12.1 Å². The van der Waals surface area contributed by atoms with Gasteiger partial charge in [0, 0.05) is 45.5 Å². The molecule has 0 spiro atoms. The standard InChI is InChI=1S/C23H21F2N3O/c1-23(2,26)15-5-3-4-14(9-15)22(29)27-12-13-6-7-16-17-10-18(24)19(25)11-21(17)28-20(16)8-13/h3-11,28H,12,26H2,1-2H3,(H,27,29). The maximum atomic E-state index is 13.6. The van der Waals surface area contributed by atoms with Gasteiger partial charge in [-0.05, 0) is 49.2 Å². The van der Waals surface area contributed by atoms with Crippen molar-refractivity contribution in [2.75, 3.05) is 0 Å². The average Bonchev–Trinajstić information content (AvgIpc) is 3.02. The van der Waals surface area contributed by atoms with Crippen LogP contribution in [0.5, 0.6) is 0 Å². The summed E-state index contributed by atoms with van der Waals surface area (Å²) in [7, 11) is 0. The minimum absolute atomic E-state index is 0.197. The van der Waals surface area contributed by atoms with Crippen LogP contribution in [0.25, 0.3) is 21.8 Å². The molecule has 0 saturated heterocycles. The third-order valence-corrected chi connectivity index (χ3v) is 5.03. The second-order valence-corrected chi connectivity index (χ2v) is 7.80. The van der Waals surface area contributed by atoms with E-state index in [1.807, 2.05) is 44.2 Å². The van der Waals surface area contributed by atoms with E-state index in [1.54, 1.807) is 12.1 Å². The maximum absolute atomic E-state index is 13.6. The number of benzene rings is 3. The van der Waals surface area contributed by atoms with Gasteiger partial charge in [0.05, 0.1) is 0 Å². The van der Waals surface area contributed by atoms with Crippen LogP contribution in [0.3, 0.4) is 0 Å². The summed E-state index contributed by atoms with van der Waals surface area (Å²) in [4.78, 5) is 15.6. The second kappa shape index (κ2) is 6.97. The summed E-state index contributed by atoms with van der Waals surface area (Å²) in [5, 5.41) is 4.32. The average molecular weight is 393 g/mol. The number of aromatic amines is 1. The number of H-pyrrole nitrogens is 1. The fraction of sp³-hybridized carbons (Fsp3) is 0.174. The number of hydrogen-bond donors (Lipinski definition) is 3. The Morgan fingerprint density at radius 1 is 1.00 bits per heavy atom.